The average Bonchev–Trinajstić information content (AvgIpc) is 3.24. The Morgan fingerprint density at radius 1 is 0.941 bits per heavy atom. The first-order chi connectivity index (χ1) is 16.7. The predicted molar refractivity (Wildman–Crippen MR) is 140 cm³/mol. The van der Waals surface area contributed by atoms with Crippen molar-refractivity contribution in [3.05, 3.63) is 78.1 Å². The number of hydrogen-bond donors (Lipinski definition) is 2. The number of hydrogen-bond acceptors (Lipinski definition) is 4. The molecule has 1 fully saturated rings. The molecule has 3 aromatic heterocycles. The van der Waals surface area contributed by atoms with Crippen molar-refractivity contribution in [2.75, 3.05) is 31.1 Å². The van der Waals surface area contributed by atoms with E-state index in [0.29, 0.717) is 0 Å². The van der Waals surface area contributed by atoms with Gasteiger partial charge < -0.3 is 15.2 Å². The zero-order chi connectivity index (χ0) is 23.1. The number of benzene rings is 2. The summed E-state index contributed by atoms with van der Waals surface area (Å²) in [5.74, 6) is 3.80. The Hall–Kier alpha value is -4.14. The number of aryl methyl sites for hydroxylation is 1. The third-order valence-corrected chi connectivity index (χ3v) is 6.77. The number of anilines is 1. The van der Waals surface area contributed by atoms with E-state index in [9.17, 15) is 0 Å². The van der Waals surface area contributed by atoms with Crippen LogP contribution in [-0.2, 0) is 0 Å². The third-order valence-electron chi connectivity index (χ3n) is 6.77. The molecule has 2 aromatic carbocycles. The lowest BCUT2D eigenvalue weighted by molar-refractivity contribution is 0.585. The van der Waals surface area contributed by atoms with Crippen LogP contribution in [0, 0.1) is 19.3 Å². The van der Waals surface area contributed by atoms with Crippen LogP contribution in [0.5, 0.6) is 0 Å². The summed E-state index contributed by atoms with van der Waals surface area (Å²) in [6, 6.07) is 19.0. The Kier molecular flexibility index (Phi) is 5.01. The molecule has 0 unspecified atom stereocenters. The molecule has 1 aliphatic heterocycles. The average molecular weight is 444 g/mol. The summed E-state index contributed by atoms with van der Waals surface area (Å²) in [5.41, 5.74) is 8.46. The zero-order valence-electron chi connectivity index (χ0n) is 19.1. The summed E-state index contributed by atoms with van der Waals surface area (Å²) in [7, 11) is 0. The molecule has 0 amide bonds. The maximum atomic E-state index is 5.71. The second-order valence-corrected chi connectivity index (χ2v) is 8.73. The van der Waals surface area contributed by atoms with Crippen molar-refractivity contribution < 1.29 is 0 Å². The molecular weight excluding hydrogens is 418 g/mol. The minimum atomic E-state index is 0.812. The number of H-pyrrole nitrogens is 1. The van der Waals surface area contributed by atoms with Gasteiger partial charge in [-0.2, -0.15) is 0 Å². The molecule has 0 saturated carbocycles. The number of pyridine rings is 2. The molecule has 5 aromatic rings. The Balaban J connectivity index is 1.40. The van der Waals surface area contributed by atoms with Crippen molar-refractivity contribution in [3.8, 4) is 34.7 Å². The van der Waals surface area contributed by atoms with Gasteiger partial charge in [0.15, 0.2) is 0 Å². The van der Waals surface area contributed by atoms with Crippen LogP contribution in [0.25, 0.3) is 44.2 Å². The number of piperazine rings is 1. The van der Waals surface area contributed by atoms with Crippen LogP contribution < -0.4 is 10.2 Å². The quantitative estimate of drug-likeness (QED) is 0.379. The fourth-order valence-electron chi connectivity index (χ4n) is 4.93. The molecule has 5 heteroatoms. The molecule has 2 N–H and O–H groups in total. The molecule has 34 heavy (non-hydrogen) atoms. The van der Waals surface area contributed by atoms with Crippen LogP contribution in [0.3, 0.4) is 0 Å². The second kappa shape index (κ2) is 8.33. The van der Waals surface area contributed by atoms with Gasteiger partial charge in [0.25, 0.3) is 0 Å². The van der Waals surface area contributed by atoms with Crippen LogP contribution in [-0.4, -0.2) is 41.1 Å². The van der Waals surface area contributed by atoms with E-state index in [-0.39, 0.29) is 0 Å². The van der Waals surface area contributed by atoms with Crippen LogP contribution in [0.15, 0.2) is 67.0 Å². The van der Waals surface area contributed by atoms with E-state index in [2.05, 4.69) is 75.5 Å². The van der Waals surface area contributed by atoms with Crippen molar-refractivity contribution in [2.24, 2.45) is 0 Å². The molecule has 6 rings (SSSR count). The van der Waals surface area contributed by atoms with Crippen LogP contribution in [0.4, 0.5) is 5.82 Å². The van der Waals surface area contributed by atoms with Crippen molar-refractivity contribution in [3.63, 3.8) is 0 Å². The van der Waals surface area contributed by atoms with Gasteiger partial charge in [0, 0.05) is 66.0 Å². The van der Waals surface area contributed by atoms with Crippen molar-refractivity contribution >= 4 is 27.6 Å². The van der Waals surface area contributed by atoms with Crippen LogP contribution >= 0.6 is 0 Å². The fraction of sp³-hybridized carbons (Fsp3) is 0.172. The lowest BCUT2D eigenvalue weighted by Crippen LogP contribution is -2.43. The topological polar surface area (TPSA) is 56.8 Å². The largest absolute Gasteiger partial charge is 0.354 e. The molecule has 166 valence electrons. The predicted octanol–water partition coefficient (Wildman–Crippen LogP) is 5.14. The highest BCUT2D eigenvalue weighted by atomic mass is 15.2. The molecule has 0 bridgehead atoms. The lowest BCUT2D eigenvalue weighted by atomic mass is 9.99. The van der Waals surface area contributed by atoms with E-state index in [4.69, 9.17) is 11.4 Å². The van der Waals surface area contributed by atoms with E-state index >= 15 is 0 Å². The van der Waals surface area contributed by atoms with E-state index in [1.807, 2.05) is 18.3 Å². The fourth-order valence-corrected chi connectivity index (χ4v) is 4.93. The summed E-state index contributed by atoms with van der Waals surface area (Å²) in [6.45, 7) is 6.16. The Bertz CT molecular complexity index is 1550. The van der Waals surface area contributed by atoms with Gasteiger partial charge in [0.2, 0.25) is 0 Å². The van der Waals surface area contributed by atoms with Crippen molar-refractivity contribution in [1.29, 1.82) is 0 Å². The SMILES string of the molecule is C#Cc1ccc(-c2[nH]c3cc(-c4ccc(N5CCNCC5)nc4)ccc3c2C)c2cccnc12. The van der Waals surface area contributed by atoms with E-state index < -0.39 is 0 Å². The maximum absolute atomic E-state index is 5.71. The third kappa shape index (κ3) is 3.40. The first-order valence-corrected chi connectivity index (χ1v) is 11.6. The van der Waals surface area contributed by atoms with Gasteiger partial charge in [0.05, 0.1) is 16.8 Å². The lowest BCUT2D eigenvalue weighted by Gasteiger charge is -2.28. The first-order valence-electron chi connectivity index (χ1n) is 11.6. The first kappa shape index (κ1) is 20.5. The highest BCUT2D eigenvalue weighted by molar-refractivity contribution is 6.01. The second-order valence-electron chi connectivity index (χ2n) is 8.73. The maximum Gasteiger partial charge on any atom is 0.128 e. The zero-order valence-corrected chi connectivity index (χ0v) is 19.1. The van der Waals surface area contributed by atoms with Gasteiger partial charge in [-0.05, 0) is 48.4 Å². The molecule has 0 atom stereocenters. The van der Waals surface area contributed by atoms with Gasteiger partial charge in [-0.1, -0.05) is 30.2 Å². The summed E-state index contributed by atoms with van der Waals surface area (Å²) < 4.78 is 0. The number of nitrogens with zero attached hydrogens (tertiary/aromatic N) is 3. The monoisotopic (exact) mass is 443 g/mol. The Morgan fingerprint density at radius 3 is 2.59 bits per heavy atom. The summed E-state index contributed by atoms with van der Waals surface area (Å²) in [4.78, 5) is 15.3. The normalized spacial score (nSPS) is 13.9. The van der Waals surface area contributed by atoms with Crippen molar-refractivity contribution in [1.82, 2.24) is 20.3 Å². The van der Waals surface area contributed by atoms with Gasteiger partial charge in [-0.15, -0.1) is 6.42 Å². The van der Waals surface area contributed by atoms with Gasteiger partial charge in [-0.3, -0.25) is 4.98 Å². The molecule has 0 spiro atoms. The number of fused-ring (bicyclic) bond motifs is 2. The van der Waals surface area contributed by atoms with E-state index in [1.54, 1.807) is 6.20 Å². The highest BCUT2D eigenvalue weighted by Crippen LogP contribution is 2.36. The molecule has 5 nitrogen and oxygen atoms in total. The minimum absolute atomic E-state index is 0.812. The van der Waals surface area contributed by atoms with Gasteiger partial charge in [0.1, 0.15) is 5.82 Å². The van der Waals surface area contributed by atoms with E-state index in [1.165, 1.54) is 10.9 Å². The van der Waals surface area contributed by atoms with E-state index in [0.717, 1.165) is 76.4 Å². The van der Waals surface area contributed by atoms with Crippen LogP contribution in [0.1, 0.15) is 11.1 Å². The number of aromatic amines is 1. The molecule has 0 radical (unpaired) electrons. The minimum Gasteiger partial charge on any atom is -0.354 e. The number of terminal acetylenes is 1. The van der Waals surface area contributed by atoms with Gasteiger partial charge in [-0.25, -0.2) is 4.98 Å². The summed E-state index contributed by atoms with van der Waals surface area (Å²) >= 11 is 0. The molecule has 1 saturated heterocycles. The van der Waals surface area contributed by atoms with Crippen LogP contribution in [0.2, 0.25) is 0 Å². The summed E-state index contributed by atoms with van der Waals surface area (Å²) in [6.07, 6.45) is 9.48. The number of nitrogens with one attached hydrogen (secondary N) is 2. The number of rotatable bonds is 3. The Labute approximate surface area is 198 Å². The highest BCUT2D eigenvalue weighted by Gasteiger charge is 2.15. The molecule has 4 heterocycles. The molecule has 0 aliphatic carbocycles. The smallest absolute Gasteiger partial charge is 0.128 e. The van der Waals surface area contributed by atoms with Gasteiger partial charge >= 0.3 is 0 Å². The number of aromatic nitrogens is 3. The molecule has 1 aliphatic rings. The van der Waals surface area contributed by atoms with Crippen molar-refractivity contribution in [2.45, 2.75) is 6.92 Å². The summed E-state index contributed by atoms with van der Waals surface area (Å²) in [5, 5.41) is 5.65. The Morgan fingerprint density at radius 2 is 1.79 bits per heavy atom. The molecular formula is C29H25N5. The standard InChI is InChI=1S/C29H25N5/c1-3-20-6-10-25(24-5-4-12-31-29(20)24)28-19(2)23-9-7-21(17-26(23)33-28)22-8-11-27(32-18-22)34-15-13-30-14-16-34/h1,4-12,17-18,30,33H,13-16H2,2H3.